The van der Waals surface area contributed by atoms with Crippen LogP contribution in [0.3, 0.4) is 0 Å². The maximum Gasteiger partial charge on any atom is 0.138 e. The average molecular weight is 470 g/mol. The highest BCUT2D eigenvalue weighted by Gasteiger charge is 2.29. The summed E-state index contributed by atoms with van der Waals surface area (Å²) in [5, 5.41) is 5.89. The number of fused-ring (bicyclic) bond motifs is 3. The van der Waals surface area contributed by atoms with Crippen molar-refractivity contribution >= 4 is 34.3 Å². The Kier molecular flexibility index (Phi) is 6.68. The standard InChI is InChI=1S/C30H27NO2.ClH/c1-2-7-22(8-3-1)23-15-13-21(14-16-23)20-32-29-19-31-18-17-25(29)27-11-6-10-26-24-9-4-5-12-28(24)33-30(26)27;/h1-16,25,29,31H,17-20H2;1H/t25-,29+;/m1./s1. The molecule has 1 N–H and O–H groups in total. The highest BCUT2D eigenvalue weighted by atomic mass is 35.5. The summed E-state index contributed by atoms with van der Waals surface area (Å²) in [6.45, 7) is 2.45. The lowest BCUT2D eigenvalue weighted by Crippen LogP contribution is -2.41. The molecule has 172 valence electrons. The van der Waals surface area contributed by atoms with E-state index in [4.69, 9.17) is 9.15 Å². The van der Waals surface area contributed by atoms with Gasteiger partial charge in [0.1, 0.15) is 11.2 Å². The van der Waals surface area contributed by atoms with Crippen molar-refractivity contribution in [2.75, 3.05) is 13.1 Å². The van der Waals surface area contributed by atoms with Crippen molar-refractivity contribution < 1.29 is 9.15 Å². The molecule has 0 saturated carbocycles. The first-order valence-corrected chi connectivity index (χ1v) is 11.7. The molecule has 1 fully saturated rings. The molecular weight excluding hydrogens is 442 g/mol. The van der Waals surface area contributed by atoms with Gasteiger partial charge in [-0.3, -0.25) is 0 Å². The minimum Gasteiger partial charge on any atom is -0.456 e. The van der Waals surface area contributed by atoms with Crippen molar-refractivity contribution in [2.45, 2.75) is 25.0 Å². The van der Waals surface area contributed by atoms with Gasteiger partial charge in [0.2, 0.25) is 0 Å². The number of hydrogen-bond donors (Lipinski definition) is 1. The van der Waals surface area contributed by atoms with E-state index in [9.17, 15) is 0 Å². The number of nitrogens with one attached hydrogen (secondary N) is 1. The molecule has 2 atom stereocenters. The largest absolute Gasteiger partial charge is 0.456 e. The zero-order valence-corrected chi connectivity index (χ0v) is 19.8. The molecule has 2 heterocycles. The van der Waals surface area contributed by atoms with Crippen LogP contribution in [0.2, 0.25) is 0 Å². The lowest BCUT2D eigenvalue weighted by molar-refractivity contribution is 0.0107. The van der Waals surface area contributed by atoms with Crippen LogP contribution >= 0.6 is 12.4 Å². The fourth-order valence-corrected chi connectivity index (χ4v) is 5.05. The first kappa shape index (κ1) is 22.7. The van der Waals surface area contributed by atoms with Crippen molar-refractivity contribution in [3.8, 4) is 11.1 Å². The zero-order valence-electron chi connectivity index (χ0n) is 18.9. The summed E-state index contributed by atoms with van der Waals surface area (Å²) in [5.41, 5.74) is 6.88. The Morgan fingerprint density at radius 2 is 1.50 bits per heavy atom. The molecule has 0 spiro atoms. The second-order valence-corrected chi connectivity index (χ2v) is 8.83. The molecule has 1 aliphatic heterocycles. The van der Waals surface area contributed by atoms with Gasteiger partial charge >= 0.3 is 0 Å². The molecule has 3 nitrogen and oxygen atoms in total. The summed E-state index contributed by atoms with van der Waals surface area (Å²) in [6.07, 6.45) is 1.14. The second kappa shape index (κ2) is 10.0. The first-order chi connectivity index (χ1) is 16.4. The van der Waals surface area contributed by atoms with Gasteiger partial charge in [-0.1, -0.05) is 91.0 Å². The Morgan fingerprint density at radius 3 is 2.35 bits per heavy atom. The Morgan fingerprint density at radius 1 is 0.765 bits per heavy atom. The van der Waals surface area contributed by atoms with Gasteiger partial charge in [-0.15, -0.1) is 12.4 Å². The predicted octanol–water partition coefficient (Wildman–Crippen LogP) is 7.34. The minimum atomic E-state index is 0. The third-order valence-electron chi connectivity index (χ3n) is 6.79. The summed E-state index contributed by atoms with van der Waals surface area (Å²) in [4.78, 5) is 0. The summed E-state index contributed by atoms with van der Waals surface area (Å²) >= 11 is 0. The first-order valence-electron chi connectivity index (χ1n) is 11.7. The molecule has 0 bridgehead atoms. The van der Waals surface area contributed by atoms with E-state index in [2.05, 4.69) is 90.2 Å². The smallest absolute Gasteiger partial charge is 0.138 e. The van der Waals surface area contributed by atoms with Gasteiger partial charge in [0, 0.05) is 28.8 Å². The van der Waals surface area contributed by atoms with Crippen LogP contribution in [0.4, 0.5) is 0 Å². The number of piperidine rings is 1. The maximum atomic E-state index is 6.50. The van der Waals surface area contributed by atoms with Gasteiger partial charge in [-0.25, -0.2) is 0 Å². The van der Waals surface area contributed by atoms with Crippen LogP contribution in [0.25, 0.3) is 33.1 Å². The molecule has 5 aromatic rings. The molecule has 4 aromatic carbocycles. The predicted molar refractivity (Wildman–Crippen MR) is 142 cm³/mol. The number of para-hydroxylation sites is 2. The molecule has 0 unspecified atom stereocenters. The number of halogens is 1. The fraction of sp³-hybridized carbons (Fsp3) is 0.200. The van der Waals surface area contributed by atoms with E-state index in [1.54, 1.807) is 0 Å². The third-order valence-corrected chi connectivity index (χ3v) is 6.79. The van der Waals surface area contributed by atoms with Gasteiger partial charge < -0.3 is 14.5 Å². The van der Waals surface area contributed by atoms with Crippen LogP contribution < -0.4 is 5.32 Å². The van der Waals surface area contributed by atoms with E-state index in [1.807, 2.05) is 12.1 Å². The van der Waals surface area contributed by atoms with Crippen LogP contribution in [-0.4, -0.2) is 19.2 Å². The lowest BCUT2D eigenvalue weighted by atomic mass is 9.86. The molecule has 0 aliphatic carbocycles. The fourth-order valence-electron chi connectivity index (χ4n) is 5.05. The normalized spacial score (nSPS) is 18.1. The number of rotatable bonds is 5. The Balaban J connectivity index is 0.00000241. The monoisotopic (exact) mass is 469 g/mol. The van der Waals surface area contributed by atoms with Gasteiger partial charge in [-0.2, -0.15) is 0 Å². The number of furan rings is 1. The highest BCUT2D eigenvalue weighted by Crippen LogP contribution is 2.37. The summed E-state index contributed by atoms with van der Waals surface area (Å²) < 4.78 is 12.8. The maximum absolute atomic E-state index is 6.50. The van der Waals surface area contributed by atoms with Crippen molar-refractivity contribution in [2.24, 2.45) is 0 Å². The topological polar surface area (TPSA) is 34.4 Å². The van der Waals surface area contributed by atoms with Gasteiger partial charge in [0.05, 0.1) is 12.7 Å². The zero-order chi connectivity index (χ0) is 22.0. The Bertz CT molecular complexity index is 1380. The Labute approximate surface area is 206 Å². The molecule has 0 radical (unpaired) electrons. The van der Waals surface area contributed by atoms with E-state index in [0.29, 0.717) is 12.5 Å². The minimum absolute atomic E-state index is 0. The van der Waals surface area contributed by atoms with E-state index < -0.39 is 0 Å². The molecule has 1 saturated heterocycles. The van der Waals surface area contributed by atoms with E-state index >= 15 is 0 Å². The van der Waals surface area contributed by atoms with E-state index in [1.165, 1.54) is 33.0 Å². The van der Waals surface area contributed by atoms with Crippen LogP contribution in [0.1, 0.15) is 23.5 Å². The molecule has 4 heteroatoms. The summed E-state index contributed by atoms with van der Waals surface area (Å²) in [6, 6.07) is 34.0. The van der Waals surface area contributed by atoms with E-state index in [0.717, 1.165) is 30.7 Å². The van der Waals surface area contributed by atoms with Crippen molar-refractivity contribution in [1.29, 1.82) is 0 Å². The van der Waals surface area contributed by atoms with E-state index in [-0.39, 0.29) is 18.5 Å². The number of benzene rings is 4. The quantitative estimate of drug-likeness (QED) is 0.292. The third kappa shape index (κ3) is 4.35. The molecule has 0 amide bonds. The van der Waals surface area contributed by atoms with Gasteiger partial charge in [0.15, 0.2) is 0 Å². The van der Waals surface area contributed by atoms with Crippen LogP contribution in [0, 0.1) is 0 Å². The molecule has 6 rings (SSSR count). The molecule has 34 heavy (non-hydrogen) atoms. The lowest BCUT2D eigenvalue weighted by Gasteiger charge is -2.32. The molecular formula is C30H28ClNO2. The number of ether oxygens (including phenoxy) is 1. The van der Waals surface area contributed by atoms with Crippen molar-refractivity contribution in [3.63, 3.8) is 0 Å². The molecule has 1 aliphatic rings. The van der Waals surface area contributed by atoms with Crippen molar-refractivity contribution in [3.05, 3.63) is 108 Å². The summed E-state index contributed by atoms with van der Waals surface area (Å²) in [5.74, 6) is 0.305. The average Bonchev–Trinajstić information content (AvgIpc) is 3.27. The molecule has 1 aromatic heterocycles. The van der Waals surface area contributed by atoms with Crippen LogP contribution in [-0.2, 0) is 11.3 Å². The summed E-state index contributed by atoms with van der Waals surface area (Å²) in [7, 11) is 0. The van der Waals surface area contributed by atoms with Crippen LogP contribution in [0.15, 0.2) is 101 Å². The second-order valence-electron chi connectivity index (χ2n) is 8.83. The highest BCUT2D eigenvalue weighted by molar-refractivity contribution is 6.05. The van der Waals surface area contributed by atoms with Gasteiger partial charge in [-0.05, 0) is 35.7 Å². The van der Waals surface area contributed by atoms with Gasteiger partial charge in [0.25, 0.3) is 0 Å². The SMILES string of the molecule is Cl.c1ccc(-c2ccc(CO[C@H]3CNCC[C@@H]3c3cccc4c3oc3ccccc34)cc2)cc1. The van der Waals surface area contributed by atoms with Crippen LogP contribution in [0.5, 0.6) is 0 Å². The van der Waals surface area contributed by atoms with Crippen molar-refractivity contribution in [1.82, 2.24) is 5.32 Å². The number of hydrogen-bond acceptors (Lipinski definition) is 3. The Hall–Kier alpha value is -3.11.